The predicted octanol–water partition coefficient (Wildman–Crippen LogP) is 2.92. The third kappa shape index (κ3) is 4.03. The van der Waals surface area contributed by atoms with Crippen molar-refractivity contribution in [1.29, 1.82) is 0 Å². The van der Waals surface area contributed by atoms with Gasteiger partial charge in [0, 0.05) is 17.1 Å². The molecule has 0 saturated carbocycles. The fourth-order valence-corrected chi connectivity index (χ4v) is 3.84. The minimum absolute atomic E-state index is 0.196. The van der Waals surface area contributed by atoms with Crippen LogP contribution in [0.3, 0.4) is 0 Å². The highest BCUT2D eigenvalue weighted by Crippen LogP contribution is 2.22. The van der Waals surface area contributed by atoms with E-state index in [9.17, 15) is 8.42 Å². The normalized spacial score (nSPS) is 13.1. The molecule has 1 aromatic heterocycles. The van der Waals surface area contributed by atoms with E-state index in [1.165, 1.54) is 11.3 Å². The molecule has 5 nitrogen and oxygen atoms in total. The molecule has 0 fully saturated rings. The molecule has 0 bridgehead atoms. The Labute approximate surface area is 129 Å². The molecule has 114 valence electrons. The molecule has 0 aliphatic heterocycles. The van der Waals surface area contributed by atoms with E-state index in [4.69, 9.17) is 0 Å². The number of aryl methyl sites for hydroxylation is 1. The Bertz CT molecular complexity index is 693. The third-order valence-corrected chi connectivity index (χ3v) is 5.36. The maximum absolute atomic E-state index is 12.3. The Balaban J connectivity index is 2.17. The Hall–Kier alpha value is -1.44. The first kappa shape index (κ1) is 15.9. The lowest BCUT2D eigenvalue weighted by atomic mass is 10.1. The second kappa shape index (κ2) is 6.55. The summed E-state index contributed by atoms with van der Waals surface area (Å²) in [6, 6.07) is 7.09. The molecule has 1 atom stereocenters. The second-order valence-electron chi connectivity index (χ2n) is 4.73. The van der Waals surface area contributed by atoms with Crippen LogP contribution in [0.2, 0.25) is 0 Å². The first-order valence-corrected chi connectivity index (χ1v) is 9.01. The van der Waals surface area contributed by atoms with Crippen LogP contribution >= 0.6 is 11.3 Å². The standard InChI is InChI=1S/C14H19N3O2S2/c1-4-15-11(3)12-5-7-13(8-6-12)21(18,19)17-14-16-9-10(2)20-14/h5-9,11,15H,4H2,1-3H3,(H,16,17). The van der Waals surface area contributed by atoms with Crippen molar-refractivity contribution < 1.29 is 8.42 Å². The molecule has 0 spiro atoms. The summed E-state index contributed by atoms with van der Waals surface area (Å²) in [6.45, 7) is 6.83. The molecule has 2 N–H and O–H groups in total. The van der Waals surface area contributed by atoms with Crippen molar-refractivity contribution in [3.63, 3.8) is 0 Å². The molecule has 1 aromatic carbocycles. The topological polar surface area (TPSA) is 71.1 Å². The molecular weight excluding hydrogens is 306 g/mol. The first-order valence-electron chi connectivity index (χ1n) is 6.71. The van der Waals surface area contributed by atoms with Gasteiger partial charge in [0.2, 0.25) is 0 Å². The van der Waals surface area contributed by atoms with Crippen LogP contribution in [-0.2, 0) is 10.0 Å². The van der Waals surface area contributed by atoms with Crippen molar-refractivity contribution in [3.05, 3.63) is 40.9 Å². The highest BCUT2D eigenvalue weighted by molar-refractivity contribution is 7.93. The zero-order valence-electron chi connectivity index (χ0n) is 12.3. The van der Waals surface area contributed by atoms with Gasteiger partial charge in [-0.3, -0.25) is 4.72 Å². The Morgan fingerprint density at radius 2 is 1.95 bits per heavy atom. The fraction of sp³-hybridized carbons (Fsp3) is 0.357. The molecular formula is C14H19N3O2S2. The average Bonchev–Trinajstić information content (AvgIpc) is 2.84. The van der Waals surface area contributed by atoms with E-state index in [0.29, 0.717) is 5.13 Å². The van der Waals surface area contributed by atoms with E-state index in [1.807, 2.05) is 32.9 Å². The summed E-state index contributed by atoms with van der Waals surface area (Å²) in [5, 5.41) is 3.68. The monoisotopic (exact) mass is 325 g/mol. The summed E-state index contributed by atoms with van der Waals surface area (Å²) >= 11 is 1.31. The van der Waals surface area contributed by atoms with Gasteiger partial charge in [-0.2, -0.15) is 0 Å². The van der Waals surface area contributed by atoms with Gasteiger partial charge >= 0.3 is 0 Å². The molecule has 1 heterocycles. The highest BCUT2D eigenvalue weighted by Gasteiger charge is 2.16. The SMILES string of the molecule is CCNC(C)c1ccc(S(=O)(=O)Nc2ncc(C)s2)cc1. The van der Waals surface area contributed by atoms with Crippen molar-refractivity contribution >= 4 is 26.5 Å². The van der Waals surface area contributed by atoms with Crippen LogP contribution in [0, 0.1) is 6.92 Å². The van der Waals surface area contributed by atoms with Gasteiger partial charge in [0.05, 0.1) is 4.90 Å². The molecule has 0 saturated heterocycles. The molecule has 0 aliphatic carbocycles. The largest absolute Gasteiger partial charge is 0.310 e. The van der Waals surface area contributed by atoms with Crippen LogP contribution in [0.1, 0.15) is 30.3 Å². The minimum Gasteiger partial charge on any atom is -0.310 e. The van der Waals surface area contributed by atoms with Crippen molar-refractivity contribution in [1.82, 2.24) is 10.3 Å². The number of sulfonamides is 1. The highest BCUT2D eigenvalue weighted by atomic mass is 32.2. The number of aromatic nitrogens is 1. The third-order valence-electron chi connectivity index (χ3n) is 3.04. The average molecular weight is 325 g/mol. The number of nitrogens with zero attached hydrogens (tertiary/aromatic N) is 1. The van der Waals surface area contributed by atoms with E-state index in [2.05, 4.69) is 15.0 Å². The van der Waals surface area contributed by atoms with E-state index >= 15 is 0 Å². The van der Waals surface area contributed by atoms with Gasteiger partial charge in [0.1, 0.15) is 0 Å². The lowest BCUT2D eigenvalue weighted by Gasteiger charge is -2.13. The number of nitrogens with one attached hydrogen (secondary N) is 2. The van der Waals surface area contributed by atoms with E-state index in [-0.39, 0.29) is 10.9 Å². The van der Waals surface area contributed by atoms with Crippen LogP contribution in [0.4, 0.5) is 5.13 Å². The predicted molar refractivity (Wildman–Crippen MR) is 86.2 cm³/mol. The van der Waals surface area contributed by atoms with Crippen LogP contribution in [-0.4, -0.2) is 19.9 Å². The zero-order chi connectivity index (χ0) is 15.5. The minimum atomic E-state index is -3.58. The van der Waals surface area contributed by atoms with Gasteiger partial charge in [0.25, 0.3) is 10.0 Å². The van der Waals surface area contributed by atoms with Gasteiger partial charge in [-0.15, -0.1) is 11.3 Å². The molecule has 2 aromatic rings. The van der Waals surface area contributed by atoms with Crippen molar-refractivity contribution in [2.24, 2.45) is 0 Å². The molecule has 0 aliphatic rings. The zero-order valence-corrected chi connectivity index (χ0v) is 13.9. The maximum Gasteiger partial charge on any atom is 0.263 e. The van der Waals surface area contributed by atoms with Gasteiger partial charge in [-0.1, -0.05) is 19.1 Å². The van der Waals surface area contributed by atoms with Gasteiger partial charge in [0.15, 0.2) is 5.13 Å². The van der Waals surface area contributed by atoms with Gasteiger partial charge in [-0.05, 0) is 38.1 Å². The number of hydrogen-bond donors (Lipinski definition) is 2. The van der Waals surface area contributed by atoms with Gasteiger partial charge in [-0.25, -0.2) is 13.4 Å². The summed E-state index contributed by atoms with van der Waals surface area (Å²) in [5.41, 5.74) is 1.06. The number of thiazole rings is 1. The summed E-state index contributed by atoms with van der Waals surface area (Å²) in [6.07, 6.45) is 1.64. The van der Waals surface area contributed by atoms with Crippen LogP contribution in [0.25, 0.3) is 0 Å². The molecule has 7 heteroatoms. The fourth-order valence-electron chi connectivity index (χ4n) is 1.94. The lowest BCUT2D eigenvalue weighted by molar-refractivity contribution is 0.594. The Morgan fingerprint density at radius 1 is 1.29 bits per heavy atom. The van der Waals surface area contributed by atoms with Crippen LogP contribution in [0.15, 0.2) is 35.4 Å². The summed E-state index contributed by atoms with van der Waals surface area (Å²) in [7, 11) is -3.58. The molecule has 21 heavy (non-hydrogen) atoms. The van der Waals surface area contributed by atoms with Crippen LogP contribution < -0.4 is 10.0 Å². The summed E-state index contributed by atoms with van der Waals surface area (Å²) in [4.78, 5) is 5.21. The molecule has 1 unspecified atom stereocenters. The molecule has 2 rings (SSSR count). The summed E-state index contributed by atoms with van der Waals surface area (Å²) in [5.74, 6) is 0. The summed E-state index contributed by atoms with van der Waals surface area (Å²) < 4.78 is 27.0. The quantitative estimate of drug-likeness (QED) is 0.856. The lowest BCUT2D eigenvalue weighted by Crippen LogP contribution is -2.18. The second-order valence-corrected chi connectivity index (χ2v) is 7.65. The Kier molecular flexibility index (Phi) is 4.97. The molecule has 0 radical (unpaired) electrons. The number of anilines is 1. The van der Waals surface area contributed by atoms with Crippen molar-refractivity contribution in [2.75, 3.05) is 11.3 Å². The van der Waals surface area contributed by atoms with Crippen molar-refractivity contribution in [3.8, 4) is 0 Å². The van der Waals surface area contributed by atoms with E-state index < -0.39 is 10.0 Å². The van der Waals surface area contributed by atoms with Crippen LogP contribution in [0.5, 0.6) is 0 Å². The van der Waals surface area contributed by atoms with Gasteiger partial charge < -0.3 is 5.32 Å². The van der Waals surface area contributed by atoms with E-state index in [0.717, 1.165) is 17.0 Å². The number of benzene rings is 1. The number of rotatable bonds is 6. The van der Waals surface area contributed by atoms with Crippen molar-refractivity contribution in [2.45, 2.75) is 31.7 Å². The first-order chi connectivity index (χ1) is 9.92. The smallest absolute Gasteiger partial charge is 0.263 e. The van der Waals surface area contributed by atoms with E-state index in [1.54, 1.807) is 18.3 Å². The number of hydrogen-bond acceptors (Lipinski definition) is 5. The molecule has 0 amide bonds. The maximum atomic E-state index is 12.3. The Morgan fingerprint density at radius 3 is 2.48 bits per heavy atom.